The van der Waals surface area contributed by atoms with Crippen molar-refractivity contribution in [2.24, 2.45) is 0 Å². The minimum absolute atomic E-state index is 0.440. The number of rotatable bonds is 5. The molecule has 2 rings (SSSR count). The highest BCUT2D eigenvalue weighted by molar-refractivity contribution is 5.84. The summed E-state index contributed by atoms with van der Waals surface area (Å²) in [6, 6.07) is 11.7. The Morgan fingerprint density at radius 3 is 2.45 bits per heavy atom. The molecular formula is C17H23N3O2. The standard InChI is InChI=1S/C17H23N3O2/c1-17(2,3)22-16(21)20-14-8-6-13(7-9-14)11-18-12-15-5-4-10-19-15/h4-10,18-19H,11-12H2,1-3H3,(H,20,21). The van der Waals surface area contributed by atoms with Gasteiger partial charge in [-0.2, -0.15) is 0 Å². The van der Waals surface area contributed by atoms with Crippen LogP contribution in [0.4, 0.5) is 10.5 Å². The first kappa shape index (κ1) is 16.1. The Morgan fingerprint density at radius 1 is 1.14 bits per heavy atom. The van der Waals surface area contributed by atoms with Crippen LogP contribution in [0.2, 0.25) is 0 Å². The SMILES string of the molecule is CC(C)(C)OC(=O)Nc1ccc(CNCc2ccc[nH]2)cc1. The van der Waals surface area contributed by atoms with Crippen molar-refractivity contribution in [3.05, 3.63) is 53.9 Å². The summed E-state index contributed by atoms with van der Waals surface area (Å²) in [5.41, 5.74) is 2.54. The average Bonchev–Trinajstić information content (AvgIpc) is 2.92. The molecular weight excluding hydrogens is 278 g/mol. The van der Waals surface area contributed by atoms with E-state index in [0.717, 1.165) is 30.0 Å². The van der Waals surface area contributed by atoms with Gasteiger partial charge in [-0.25, -0.2) is 4.79 Å². The van der Waals surface area contributed by atoms with Crippen molar-refractivity contribution in [2.75, 3.05) is 5.32 Å². The van der Waals surface area contributed by atoms with Gasteiger partial charge in [-0.15, -0.1) is 0 Å². The van der Waals surface area contributed by atoms with Crippen molar-refractivity contribution >= 4 is 11.8 Å². The molecule has 0 saturated carbocycles. The largest absolute Gasteiger partial charge is 0.444 e. The van der Waals surface area contributed by atoms with Crippen molar-refractivity contribution in [1.82, 2.24) is 10.3 Å². The number of aromatic amines is 1. The maximum absolute atomic E-state index is 11.7. The summed E-state index contributed by atoms with van der Waals surface area (Å²) in [6.07, 6.45) is 1.47. The first-order valence-corrected chi connectivity index (χ1v) is 7.34. The van der Waals surface area contributed by atoms with Gasteiger partial charge in [0.25, 0.3) is 0 Å². The molecule has 0 bridgehead atoms. The monoisotopic (exact) mass is 301 g/mol. The van der Waals surface area contributed by atoms with Crippen molar-refractivity contribution in [2.45, 2.75) is 39.5 Å². The number of carbonyl (C=O) groups is 1. The smallest absolute Gasteiger partial charge is 0.412 e. The Balaban J connectivity index is 1.78. The summed E-state index contributed by atoms with van der Waals surface area (Å²) in [6.45, 7) is 7.08. The highest BCUT2D eigenvalue weighted by Gasteiger charge is 2.15. The number of H-pyrrole nitrogens is 1. The van der Waals surface area contributed by atoms with Gasteiger partial charge < -0.3 is 15.0 Å². The van der Waals surface area contributed by atoms with Crippen LogP contribution < -0.4 is 10.6 Å². The molecule has 0 fully saturated rings. The summed E-state index contributed by atoms with van der Waals surface area (Å²) in [5.74, 6) is 0. The van der Waals surface area contributed by atoms with Crippen LogP contribution >= 0.6 is 0 Å². The van der Waals surface area contributed by atoms with Gasteiger partial charge >= 0.3 is 6.09 Å². The highest BCUT2D eigenvalue weighted by Crippen LogP contribution is 2.13. The van der Waals surface area contributed by atoms with Crippen molar-refractivity contribution in [1.29, 1.82) is 0 Å². The highest BCUT2D eigenvalue weighted by atomic mass is 16.6. The first-order valence-electron chi connectivity index (χ1n) is 7.34. The second-order valence-electron chi connectivity index (χ2n) is 6.12. The summed E-state index contributed by atoms with van der Waals surface area (Å²) < 4.78 is 5.21. The minimum Gasteiger partial charge on any atom is -0.444 e. The molecule has 5 heteroatoms. The number of hydrogen-bond donors (Lipinski definition) is 3. The third kappa shape index (κ3) is 5.61. The van der Waals surface area contributed by atoms with E-state index in [-0.39, 0.29) is 0 Å². The normalized spacial score (nSPS) is 11.2. The predicted octanol–water partition coefficient (Wildman–Crippen LogP) is 3.65. The summed E-state index contributed by atoms with van der Waals surface area (Å²) in [7, 11) is 0. The topological polar surface area (TPSA) is 66.2 Å². The van der Waals surface area contributed by atoms with Crippen LogP contribution in [-0.4, -0.2) is 16.7 Å². The molecule has 1 amide bonds. The van der Waals surface area contributed by atoms with Crippen molar-refractivity contribution in [3.8, 4) is 0 Å². The van der Waals surface area contributed by atoms with Crippen LogP contribution in [0.25, 0.3) is 0 Å². The van der Waals surface area contributed by atoms with E-state index in [0.29, 0.717) is 0 Å². The zero-order valence-corrected chi connectivity index (χ0v) is 13.3. The van der Waals surface area contributed by atoms with E-state index < -0.39 is 11.7 Å². The first-order chi connectivity index (χ1) is 10.4. The molecule has 0 aliphatic heterocycles. The molecule has 0 aliphatic rings. The molecule has 22 heavy (non-hydrogen) atoms. The molecule has 0 radical (unpaired) electrons. The van der Waals surface area contributed by atoms with Crippen molar-refractivity contribution < 1.29 is 9.53 Å². The molecule has 0 unspecified atom stereocenters. The lowest BCUT2D eigenvalue weighted by molar-refractivity contribution is 0.0636. The van der Waals surface area contributed by atoms with E-state index in [1.54, 1.807) is 0 Å². The molecule has 1 heterocycles. The molecule has 3 N–H and O–H groups in total. The molecule has 0 aliphatic carbocycles. The quantitative estimate of drug-likeness (QED) is 0.789. The maximum Gasteiger partial charge on any atom is 0.412 e. The van der Waals surface area contributed by atoms with Gasteiger partial charge in [0.2, 0.25) is 0 Å². The Morgan fingerprint density at radius 2 is 1.86 bits per heavy atom. The van der Waals surface area contributed by atoms with Gasteiger partial charge in [-0.1, -0.05) is 12.1 Å². The van der Waals surface area contributed by atoms with E-state index in [9.17, 15) is 4.79 Å². The fourth-order valence-corrected chi connectivity index (χ4v) is 1.95. The van der Waals surface area contributed by atoms with E-state index in [1.807, 2.05) is 63.4 Å². The van der Waals surface area contributed by atoms with Gasteiger partial charge in [0.15, 0.2) is 0 Å². The van der Waals surface area contributed by atoms with Crippen LogP contribution in [0.3, 0.4) is 0 Å². The Hall–Kier alpha value is -2.27. The van der Waals surface area contributed by atoms with Crippen LogP contribution in [0.5, 0.6) is 0 Å². The van der Waals surface area contributed by atoms with Crippen LogP contribution in [0, 0.1) is 0 Å². The Labute approximate surface area is 131 Å². The lowest BCUT2D eigenvalue weighted by Gasteiger charge is -2.19. The predicted molar refractivity (Wildman–Crippen MR) is 87.6 cm³/mol. The van der Waals surface area contributed by atoms with Crippen LogP contribution in [0.15, 0.2) is 42.6 Å². The molecule has 0 atom stereocenters. The van der Waals surface area contributed by atoms with E-state index >= 15 is 0 Å². The third-order valence-electron chi connectivity index (χ3n) is 2.91. The number of nitrogens with one attached hydrogen (secondary N) is 3. The average molecular weight is 301 g/mol. The molecule has 5 nitrogen and oxygen atoms in total. The van der Waals surface area contributed by atoms with Crippen molar-refractivity contribution in [3.63, 3.8) is 0 Å². The van der Waals surface area contributed by atoms with Crippen LogP contribution in [-0.2, 0) is 17.8 Å². The number of aromatic nitrogens is 1. The second kappa shape index (κ2) is 7.13. The number of anilines is 1. The van der Waals surface area contributed by atoms with Gasteiger partial charge in [-0.05, 0) is 50.6 Å². The van der Waals surface area contributed by atoms with E-state index in [4.69, 9.17) is 4.74 Å². The lowest BCUT2D eigenvalue weighted by Crippen LogP contribution is -2.27. The van der Waals surface area contributed by atoms with Gasteiger partial charge in [0.1, 0.15) is 5.60 Å². The number of ether oxygens (including phenoxy) is 1. The van der Waals surface area contributed by atoms with Crippen LogP contribution in [0.1, 0.15) is 32.0 Å². The molecule has 118 valence electrons. The molecule has 0 spiro atoms. The summed E-state index contributed by atoms with van der Waals surface area (Å²) in [5, 5.41) is 6.07. The van der Waals surface area contributed by atoms with Gasteiger partial charge in [-0.3, -0.25) is 5.32 Å². The molecule has 1 aromatic carbocycles. The zero-order valence-electron chi connectivity index (χ0n) is 13.3. The van der Waals surface area contributed by atoms with Gasteiger partial charge in [0.05, 0.1) is 0 Å². The Bertz CT molecular complexity index is 583. The van der Waals surface area contributed by atoms with E-state index in [2.05, 4.69) is 15.6 Å². The van der Waals surface area contributed by atoms with E-state index in [1.165, 1.54) is 0 Å². The number of benzene rings is 1. The molecule has 0 saturated heterocycles. The molecule has 1 aromatic heterocycles. The third-order valence-corrected chi connectivity index (χ3v) is 2.91. The summed E-state index contributed by atoms with van der Waals surface area (Å²) >= 11 is 0. The number of hydrogen-bond acceptors (Lipinski definition) is 3. The number of amides is 1. The van der Waals surface area contributed by atoms with Gasteiger partial charge in [0, 0.05) is 30.7 Å². The second-order valence-corrected chi connectivity index (χ2v) is 6.12. The summed E-state index contributed by atoms with van der Waals surface area (Å²) in [4.78, 5) is 14.8. The minimum atomic E-state index is -0.494. The Kier molecular flexibility index (Phi) is 5.22. The fourth-order valence-electron chi connectivity index (χ4n) is 1.95. The molecule has 2 aromatic rings. The zero-order chi connectivity index (χ0) is 16.0. The maximum atomic E-state index is 11.7. The lowest BCUT2D eigenvalue weighted by atomic mass is 10.2. The number of carbonyl (C=O) groups excluding carboxylic acids is 1. The fraction of sp³-hybridized carbons (Fsp3) is 0.353.